The highest BCUT2D eigenvalue weighted by atomic mass is 32.2. The molecule has 0 amide bonds. The third kappa shape index (κ3) is 3.15. The van der Waals surface area contributed by atoms with Gasteiger partial charge in [-0.2, -0.15) is 0 Å². The Bertz CT molecular complexity index is 478. The molecule has 0 radical (unpaired) electrons. The zero-order valence-electron chi connectivity index (χ0n) is 12.1. The lowest BCUT2D eigenvalue weighted by atomic mass is 9.77. The fraction of sp³-hybridized carbons (Fsp3) is 0.769. The number of methoxy groups -OCH3 is 1. The van der Waals surface area contributed by atoms with Crippen molar-refractivity contribution in [2.45, 2.75) is 56.3 Å². The number of nitrogens with zero attached hydrogens (tertiary/aromatic N) is 3. The van der Waals surface area contributed by atoms with Gasteiger partial charge in [-0.05, 0) is 33.1 Å². The number of rotatable bonds is 7. The zero-order chi connectivity index (χ0) is 14.8. The molecule has 0 aliphatic heterocycles. The average Bonchev–Trinajstić information content (AvgIpc) is 2.74. The number of hydrogen-bond acceptors (Lipinski definition) is 5. The third-order valence-corrected chi connectivity index (χ3v) is 4.68. The summed E-state index contributed by atoms with van der Waals surface area (Å²) in [6.45, 7) is 4.11. The molecule has 0 bridgehead atoms. The molecule has 0 saturated heterocycles. The molecule has 0 spiro atoms. The van der Waals surface area contributed by atoms with Crippen LogP contribution in [0, 0.1) is 0 Å². The van der Waals surface area contributed by atoms with E-state index in [9.17, 15) is 4.79 Å². The molecule has 1 heterocycles. The number of ether oxygens (including phenoxy) is 1. The number of carboxylic acid groups (broad SMARTS) is 1. The smallest absolute Gasteiger partial charge is 0.313 e. The second-order valence-corrected chi connectivity index (χ2v) is 6.40. The highest BCUT2D eigenvalue weighted by molar-refractivity contribution is 7.99. The van der Waals surface area contributed by atoms with Crippen LogP contribution in [-0.2, 0) is 16.0 Å². The van der Waals surface area contributed by atoms with Crippen LogP contribution in [-0.4, -0.2) is 44.3 Å². The normalized spacial score (nSPS) is 17.2. The number of aliphatic carboxylic acids is 1. The Kier molecular flexibility index (Phi) is 4.70. The Hall–Kier alpha value is -1.08. The van der Waals surface area contributed by atoms with Crippen molar-refractivity contribution >= 4 is 17.7 Å². The number of carboxylic acids is 1. The van der Waals surface area contributed by atoms with Crippen LogP contribution in [0.2, 0.25) is 0 Å². The van der Waals surface area contributed by atoms with E-state index in [1.54, 1.807) is 7.11 Å². The van der Waals surface area contributed by atoms with Crippen LogP contribution in [0.1, 0.15) is 45.0 Å². The van der Waals surface area contributed by atoms with Gasteiger partial charge in [-0.3, -0.25) is 4.79 Å². The molecule has 0 unspecified atom stereocenters. The standard InChI is InChI=1S/C13H21N3O3S/c1-9(2)16-10(7-13(19-3)5-4-6-13)14-15-12(16)20-8-11(17)18/h9H,4-8H2,1-3H3,(H,17,18). The minimum atomic E-state index is -0.845. The van der Waals surface area contributed by atoms with Gasteiger partial charge in [-0.1, -0.05) is 11.8 Å². The number of aromatic nitrogens is 3. The van der Waals surface area contributed by atoms with Gasteiger partial charge in [0.2, 0.25) is 0 Å². The minimum Gasteiger partial charge on any atom is -0.481 e. The quantitative estimate of drug-likeness (QED) is 0.777. The summed E-state index contributed by atoms with van der Waals surface area (Å²) in [6.07, 6.45) is 4.02. The van der Waals surface area contributed by atoms with Crippen LogP contribution < -0.4 is 0 Å². The molecule has 6 nitrogen and oxygen atoms in total. The summed E-state index contributed by atoms with van der Waals surface area (Å²) in [6, 6.07) is 0.199. The van der Waals surface area contributed by atoms with Crippen molar-refractivity contribution in [3.8, 4) is 0 Å². The lowest BCUT2D eigenvalue weighted by Crippen LogP contribution is -2.42. The molecule has 20 heavy (non-hydrogen) atoms. The van der Waals surface area contributed by atoms with E-state index in [4.69, 9.17) is 9.84 Å². The topological polar surface area (TPSA) is 77.2 Å². The van der Waals surface area contributed by atoms with E-state index in [0.717, 1.165) is 25.1 Å². The predicted octanol–water partition coefficient (Wildman–Crippen LogP) is 2.15. The van der Waals surface area contributed by atoms with Crippen LogP contribution in [0.4, 0.5) is 0 Å². The first kappa shape index (κ1) is 15.3. The monoisotopic (exact) mass is 299 g/mol. The van der Waals surface area contributed by atoms with Gasteiger partial charge in [0.15, 0.2) is 5.16 Å². The lowest BCUT2D eigenvalue weighted by Gasteiger charge is -2.40. The Morgan fingerprint density at radius 3 is 2.65 bits per heavy atom. The Balaban J connectivity index is 2.18. The summed E-state index contributed by atoms with van der Waals surface area (Å²) in [5.41, 5.74) is -0.103. The molecular weight excluding hydrogens is 278 g/mol. The van der Waals surface area contributed by atoms with Crippen molar-refractivity contribution in [1.29, 1.82) is 0 Å². The van der Waals surface area contributed by atoms with Gasteiger partial charge in [0.1, 0.15) is 5.82 Å². The molecule has 1 N–H and O–H groups in total. The SMILES string of the molecule is COC1(Cc2nnc(SCC(=O)O)n2C(C)C)CCC1. The molecule has 0 atom stereocenters. The molecule has 1 aromatic heterocycles. The molecule has 1 aliphatic rings. The first-order valence-electron chi connectivity index (χ1n) is 6.81. The number of hydrogen-bond donors (Lipinski definition) is 1. The maximum Gasteiger partial charge on any atom is 0.313 e. The molecule has 112 valence electrons. The zero-order valence-corrected chi connectivity index (χ0v) is 12.9. The number of carbonyl (C=O) groups is 1. The van der Waals surface area contributed by atoms with Gasteiger partial charge >= 0.3 is 5.97 Å². The van der Waals surface area contributed by atoms with E-state index in [1.807, 2.05) is 4.57 Å². The van der Waals surface area contributed by atoms with E-state index in [0.29, 0.717) is 5.16 Å². The minimum absolute atomic E-state index is 0.000272. The van der Waals surface area contributed by atoms with Crippen molar-refractivity contribution < 1.29 is 14.6 Å². The number of thioether (sulfide) groups is 1. The molecule has 0 aromatic carbocycles. The Morgan fingerprint density at radius 2 is 2.20 bits per heavy atom. The average molecular weight is 299 g/mol. The summed E-state index contributed by atoms with van der Waals surface area (Å²) >= 11 is 1.21. The third-order valence-electron chi connectivity index (χ3n) is 3.75. The van der Waals surface area contributed by atoms with Gasteiger partial charge in [0.05, 0.1) is 11.4 Å². The second-order valence-electron chi connectivity index (χ2n) is 5.46. The Morgan fingerprint density at radius 1 is 1.50 bits per heavy atom. The summed E-state index contributed by atoms with van der Waals surface area (Å²) in [7, 11) is 1.75. The Labute approximate surface area is 122 Å². The fourth-order valence-electron chi connectivity index (χ4n) is 2.48. The molecular formula is C13H21N3O3S. The van der Waals surface area contributed by atoms with E-state index in [1.165, 1.54) is 18.2 Å². The highest BCUT2D eigenvalue weighted by Crippen LogP contribution is 2.38. The molecule has 2 rings (SSSR count). The second kappa shape index (κ2) is 6.13. The molecule has 1 fully saturated rings. The van der Waals surface area contributed by atoms with E-state index in [-0.39, 0.29) is 17.4 Å². The van der Waals surface area contributed by atoms with Gasteiger partial charge in [-0.15, -0.1) is 10.2 Å². The van der Waals surface area contributed by atoms with Crippen molar-refractivity contribution in [1.82, 2.24) is 14.8 Å². The van der Waals surface area contributed by atoms with Crippen molar-refractivity contribution in [2.24, 2.45) is 0 Å². The van der Waals surface area contributed by atoms with E-state index >= 15 is 0 Å². The predicted molar refractivity (Wildman–Crippen MR) is 76.1 cm³/mol. The lowest BCUT2D eigenvalue weighted by molar-refractivity contribution is -0.133. The summed E-state index contributed by atoms with van der Waals surface area (Å²) in [4.78, 5) is 10.7. The fourth-order valence-corrected chi connectivity index (χ4v) is 3.29. The first-order chi connectivity index (χ1) is 9.47. The van der Waals surface area contributed by atoms with Crippen LogP contribution in [0.25, 0.3) is 0 Å². The van der Waals surface area contributed by atoms with E-state index in [2.05, 4.69) is 24.0 Å². The maximum absolute atomic E-state index is 10.7. The van der Waals surface area contributed by atoms with Crippen molar-refractivity contribution in [2.75, 3.05) is 12.9 Å². The maximum atomic E-state index is 10.7. The van der Waals surface area contributed by atoms with E-state index < -0.39 is 5.97 Å². The van der Waals surface area contributed by atoms with Crippen molar-refractivity contribution in [3.05, 3.63) is 5.82 Å². The van der Waals surface area contributed by atoms with Crippen LogP contribution in [0.3, 0.4) is 0 Å². The molecule has 1 aromatic rings. The van der Waals surface area contributed by atoms with Crippen LogP contribution in [0.15, 0.2) is 5.16 Å². The molecule has 1 aliphatic carbocycles. The first-order valence-corrected chi connectivity index (χ1v) is 7.79. The van der Waals surface area contributed by atoms with Crippen molar-refractivity contribution in [3.63, 3.8) is 0 Å². The summed E-state index contributed by atoms with van der Waals surface area (Å²) in [5.74, 6) is 0.0388. The van der Waals surface area contributed by atoms with Crippen LogP contribution in [0.5, 0.6) is 0 Å². The molecule has 1 saturated carbocycles. The highest BCUT2D eigenvalue weighted by Gasteiger charge is 2.39. The molecule has 7 heteroatoms. The largest absolute Gasteiger partial charge is 0.481 e. The van der Waals surface area contributed by atoms with Gasteiger partial charge < -0.3 is 14.4 Å². The summed E-state index contributed by atoms with van der Waals surface area (Å²) < 4.78 is 7.66. The van der Waals surface area contributed by atoms with Gasteiger partial charge in [0, 0.05) is 19.6 Å². The van der Waals surface area contributed by atoms with Gasteiger partial charge in [-0.25, -0.2) is 0 Å². The van der Waals surface area contributed by atoms with Gasteiger partial charge in [0.25, 0.3) is 0 Å². The summed E-state index contributed by atoms with van der Waals surface area (Å²) in [5, 5.41) is 17.8. The van der Waals surface area contributed by atoms with Crippen LogP contribution >= 0.6 is 11.8 Å².